The monoisotopic (exact) mass is 196 g/mol. The SMILES string of the molecule is C#C/C=C\C=C1/CCC2C=CC=CC2C1. The largest absolute Gasteiger partial charge is 0.115 e. The minimum atomic E-state index is 0.717. The standard InChI is InChI=1S/C15H16/c1-2-3-4-7-13-10-11-14-8-5-6-9-15(14)12-13/h1,3-9,14-15H,10-12H2/b4-3-,13-7+. The predicted octanol–water partition coefficient (Wildman–Crippen LogP) is 3.64. The molecule has 2 aliphatic carbocycles. The van der Waals surface area contributed by atoms with Crippen LogP contribution < -0.4 is 0 Å². The minimum Gasteiger partial charge on any atom is -0.115 e. The highest BCUT2D eigenvalue weighted by molar-refractivity contribution is 5.24. The molecule has 0 heteroatoms. The van der Waals surface area contributed by atoms with Crippen LogP contribution in [-0.4, -0.2) is 0 Å². The molecule has 0 amide bonds. The maximum absolute atomic E-state index is 5.16. The molecule has 2 unspecified atom stereocenters. The van der Waals surface area contributed by atoms with E-state index in [9.17, 15) is 0 Å². The smallest absolute Gasteiger partial charge is 0.0122 e. The molecule has 1 saturated carbocycles. The average Bonchev–Trinajstić information content (AvgIpc) is 2.29. The number of terminal acetylenes is 1. The molecule has 0 heterocycles. The summed E-state index contributed by atoms with van der Waals surface area (Å²) in [6.45, 7) is 0. The zero-order chi connectivity index (χ0) is 10.5. The lowest BCUT2D eigenvalue weighted by atomic mass is 9.75. The Morgan fingerprint density at radius 3 is 2.87 bits per heavy atom. The highest BCUT2D eigenvalue weighted by Crippen LogP contribution is 2.36. The van der Waals surface area contributed by atoms with Crippen LogP contribution in [0, 0.1) is 24.2 Å². The molecule has 0 spiro atoms. The molecule has 0 aromatic carbocycles. The molecule has 76 valence electrons. The van der Waals surface area contributed by atoms with Gasteiger partial charge in [0, 0.05) is 0 Å². The van der Waals surface area contributed by atoms with E-state index in [0.29, 0.717) is 5.92 Å². The normalized spacial score (nSPS) is 31.8. The van der Waals surface area contributed by atoms with E-state index in [1.165, 1.54) is 24.8 Å². The van der Waals surface area contributed by atoms with E-state index in [1.54, 1.807) is 6.08 Å². The van der Waals surface area contributed by atoms with Gasteiger partial charge in [-0.05, 0) is 37.2 Å². The molecule has 0 N–H and O–H groups in total. The number of hydrogen-bond acceptors (Lipinski definition) is 0. The first-order chi connectivity index (χ1) is 7.40. The van der Waals surface area contributed by atoms with E-state index >= 15 is 0 Å². The summed E-state index contributed by atoms with van der Waals surface area (Å²) in [7, 11) is 0. The van der Waals surface area contributed by atoms with Gasteiger partial charge in [0.15, 0.2) is 0 Å². The van der Waals surface area contributed by atoms with E-state index in [0.717, 1.165) is 5.92 Å². The third-order valence-electron chi connectivity index (χ3n) is 3.20. The van der Waals surface area contributed by atoms with Crippen LogP contribution in [0.3, 0.4) is 0 Å². The Labute approximate surface area is 92.1 Å². The summed E-state index contributed by atoms with van der Waals surface area (Å²) in [5.74, 6) is 4.00. The van der Waals surface area contributed by atoms with Crippen molar-refractivity contribution in [1.82, 2.24) is 0 Å². The van der Waals surface area contributed by atoms with E-state index in [-0.39, 0.29) is 0 Å². The molecule has 2 rings (SSSR count). The minimum absolute atomic E-state index is 0.717. The molecule has 0 nitrogen and oxygen atoms in total. The summed E-state index contributed by atoms with van der Waals surface area (Å²) in [5.41, 5.74) is 1.53. The summed E-state index contributed by atoms with van der Waals surface area (Å²) in [6, 6.07) is 0. The zero-order valence-corrected chi connectivity index (χ0v) is 8.89. The van der Waals surface area contributed by atoms with Gasteiger partial charge in [0.25, 0.3) is 0 Å². The lowest BCUT2D eigenvalue weighted by molar-refractivity contribution is 0.391. The van der Waals surface area contributed by atoms with E-state index in [4.69, 9.17) is 6.42 Å². The zero-order valence-electron chi connectivity index (χ0n) is 8.89. The van der Waals surface area contributed by atoms with Gasteiger partial charge in [-0.2, -0.15) is 0 Å². The van der Waals surface area contributed by atoms with E-state index in [2.05, 4.69) is 36.3 Å². The van der Waals surface area contributed by atoms with Crippen LogP contribution in [0.5, 0.6) is 0 Å². The van der Waals surface area contributed by atoms with Gasteiger partial charge in [0.05, 0.1) is 0 Å². The maximum atomic E-state index is 5.16. The van der Waals surface area contributed by atoms with E-state index < -0.39 is 0 Å². The topological polar surface area (TPSA) is 0 Å². The predicted molar refractivity (Wildman–Crippen MR) is 65.2 cm³/mol. The Morgan fingerprint density at radius 2 is 2.07 bits per heavy atom. The molecular formula is C15H16. The second-order valence-corrected chi connectivity index (χ2v) is 4.19. The molecule has 1 fully saturated rings. The van der Waals surface area contributed by atoms with Gasteiger partial charge in [-0.25, -0.2) is 0 Å². The first-order valence-corrected chi connectivity index (χ1v) is 5.56. The van der Waals surface area contributed by atoms with Gasteiger partial charge in [-0.3, -0.25) is 0 Å². The molecular weight excluding hydrogens is 180 g/mol. The van der Waals surface area contributed by atoms with Gasteiger partial charge in [-0.15, -0.1) is 6.42 Å². The molecule has 2 atom stereocenters. The number of fused-ring (bicyclic) bond motifs is 1. The summed E-state index contributed by atoms with van der Waals surface area (Å²) < 4.78 is 0. The number of allylic oxidation sites excluding steroid dienone is 8. The fourth-order valence-electron chi connectivity index (χ4n) is 2.38. The van der Waals surface area contributed by atoms with Gasteiger partial charge in [0.1, 0.15) is 0 Å². The van der Waals surface area contributed by atoms with Gasteiger partial charge in [-0.1, -0.05) is 47.9 Å². The van der Waals surface area contributed by atoms with E-state index in [1.807, 2.05) is 6.08 Å². The summed E-state index contributed by atoms with van der Waals surface area (Å²) in [5, 5.41) is 0. The average molecular weight is 196 g/mol. The summed E-state index contributed by atoms with van der Waals surface area (Å²) in [6.07, 6.45) is 23.8. The molecule has 15 heavy (non-hydrogen) atoms. The Balaban J connectivity index is 2.01. The fraction of sp³-hybridized carbons (Fsp3) is 0.333. The van der Waals surface area contributed by atoms with Crippen molar-refractivity contribution in [2.24, 2.45) is 11.8 Å². The molecule has 0 saturated heterocycles. The molecule has 0 aromatic rings. The number of hydrogen-bond donors (Lipinski definition) is 0. The second kappa shape index (κ2) is 4.84. The highest BCUT2D eigenvalue weighted by atomic mass is 14.3. The van der Waals surface area contributed by atoms with Crippen LogP contribution in [0.1, 0.15) is 19.3 Å². The van der Waals surface area contributed by atoms with Crippen molar-refractivity contribution in [1.29, 1.82) is 0 Å². The van der Waals surface area contributed by atoms with Gasteiger partial charge in [0.2, 0.25) is 0 Å². The molecule has 2 aliphatic rings. The second-order valence-electron chi connectivity index (χ2n) is 4.19. The van der Waals surface area contributed by atoms with Crippen molar-refractivity contribution in [2.45, 2.75) is 19.3 Å². The molecule has 0 radical (unpaired) electrons. The van der Waals surface area contributed by atoms with Crippen molar-refractivity contribution < 1.29 is 0 Å². The summed E-state index contributed by atoms with van der Waals surface area (Å²) >= 11 is 0. The molecule has 0 aromatic heterocycles. The first kappa shape index (κ1) is 10.1. The van der Waals surface area contributed by atoms with Crippen LogP contribution in [0.4, 0.5) is 0 Å². The van der Waals surface area contributed by atoms with Crippen molar-refractivity contribution in [3.63, 3.8) is 0 Å². The van der Waals surface area contributed by atoms with Gasteiger partial charge >= 0.3 is 0 Å². The van der Waals surface area contributed by atoms with Crippen LogP contribution in [-0.2, 0) is 0 Å². The van der Waals surface area contributed by atoms with Crippen LogP contribution >= 0.6 is 0 Å². The van der Waals surface area contributed by atoms with Crippen molar-refractivity contribution in [2.75, 3.05) is 0 Å². The summed E-state index contributed by atoms with van der Waals surface area (Å²) in [4.78, 5) is 0. The lowest BCUT2D eigenvalue weighted by Crippen LogP contribution is -2.18. The highest BCUT2D eigenvalue weighted by Gasteiger charge is 2.24. The van der Waals surface area contributed by atoms with Crippen LogP contribution in [0.2, 0.25) is 0 Å². The van der Waals surface area contributed by atoms with Crippen LogP contribution in [0.25, 0.3) is 0 Å². The van der Waals surface area contributed by atoms with Crippen molar-refractivity contribution in [3.8, 4) is 12.3 Å². The Bertz CT molecular complexity index is 371. The van der Waals surface area contributed by atoms with Gasteiger partial charge < -0.3 is 0 Å². The van der Waals surface area contributed by atoms with Crippen molar-refractivity contribution in [3.05, 3.63) is 48.1 Å². The first-order valence-electron chi connectivity index (χ1n) is 5.56. The third kappa shape index (κ3) is 2.50. The lowest BCUT2D eigenvalue weighted by Gasteiger charge is -2.30. The Kier molecular flexibility index (Phi) is 3.25. The quantitative estimate of drug-likeness (QED) is 0.562. The van der Waals surface area contributed by atoms with Crippen molar-refractivity contribution >= 4 is 0 Å². The Morgan fingerprint density at radius 1 is 1.27 bits per heavy atom. The Hall–Kier alpha value is -1.48. The third-order valence-corrected chi connectivity index (χ3v) is 3.20. The van der Waals surface area contributed by atoms with Crippen LogP contribution in [0.15, 0.2) is 48.1 Å². The molecule has 0 aliphatic heterocycles. The fourth-order valence-corrected chi connectivity index (χ4v) is 2.38. The molecule has 0 bridgehead atoms. The maximum Gasteiger partial charge on any atom is -0.0122 e. The number of rotatable bonds is 1.